The lowest BCUT2D eigenvalue weighted by atomic mass is 10.0. The fourth-order valence-corrected chi connectivity index (χ4v) is 3.23. The maximum Gasteiger partial charge on any atom is 0.269 e. The smallest absolute Gasteiger partial charge is 0.269 e. The van der Waals surface area contributed by atoms with E-state index < -0.39 is 4.92 Å². The average molecular weight is 428 g/mol. The Morgan fingerprint density at radius 2 is 1.62 bits per heavy atom. The molecule has 0 saturated heterocycles. The van der Waals surface area contributed by atoms with E-state index in [1.165, 1.54) is 12.1 Å². The van der Waals surface area contributed by atoms with Gasteiger partial charge >= 0.3 is 0 Å². The van der Waals surface area contributed by atoms with Crippen LogP contribution in [-0.4, -0.2) is 16.5 Å². The summed E-state index contributed by atoms with van der Waals surface area (Å²) in [7, 11) is 0. The minimum Gasteiger partial charge on any atom is -0.483 e. The van der Waals surface area contributed by atoms with Crippen LogP contribution >= 0.6 is 0 Å². The Balaban J connectivity index is 1.62. The highest BCUT2D eigenvalue weighted by Crippen LogP contribution is 2.32. The van der Waals surface area contributed by atoms with Gasteiger partial charge in [0.2, 0.25) is 5.96 Å². The molecule has 3 aromatic rings. The van der Waals surface area contributed by atoms with E-state index in [2.05, 4.69) is 10.6 Å². The zero-order valence-corrected chi connectivity index (χ0v) is 18.1. The molecule has 1 aliphatic rings. The number of fused-ring (bicyclic) bond motifs is 1. The van der Waals surface area contributed by atoms with E-state index in [0.29, 0.717) is 11.6 Å². The number of guanidine groups is 1. The van der Waals surface area contributed by atoms with Gasteiger partial charge in [-0.1, -0.05) is 23.8 Å². The van der Waals surface area contributed by atoms with E-state index >= 15 is 0 Å². The van der Waals surface area contributed by atoms with Crippen LogP contribution in [0.25, 0.3) is 6.08 Å². The summed E-state index contributed by atoms with van der Waals surface area (Å²) in [6.45, 7) is 6.05. The summed E-state index contributed by atoms with van der Waals surface area (Å²) in [5, 5.41) is 17.5. The normalized spacial score (nSPS) is 14.3. The summed E-state index contributed by atoms with van der Waals surface area (Å²) in [6.07, 6.45) is 4.07. The first kappa shape index (κ1) is 21.1. The van der Waals surface area contributed by atoms with Crippen molar-refractivity contribution in [2.24, 2.45) is 4.99 Å². The Hall–Kier alpha value is -4.13. The highest BCUT2D eigenvalue weighted by atomic mass is 16.6. The van der Waals surface area contributed by atoms with E-state index in [1.54, 1.807) is 12.1 Å². The molecule has 0 fully saturated rings. The van der Waals surface area contributed by atoms with E-state index in [-0.39, 0.29) is 11.3 Å². The lowest BCUT2D eigenvalue weighted by Gasteiger charge is -2.28. The number of ether oxygens (including phenoxy) is 1. The third kappa shape index (κ3) is 5.13. The summed E-state index contributed by atoms with van der Waals surface area (Å²) in [5.41, 5.74) is 4.09. The minimum absolute atomic E-state index is 0.0323. The molecule has 0 saturated carbocycles. The van der Waals surface area contributed by atoms with Gasteiger partial charge in [-0.3, -0.25) is 10.1 Å². The van der Waals surface area contributed by atoms with E-state index in [4.69, 9.17) is 9.73 Å². The standard InChI is InChI=1S/C25H24N4O3/c1-17-4-6-19(7-5-17)26-24(27-20-8-11-22(12-9-20)29(30)31)28-21-10-13-23-18(16-21)14-15-25(2,3)32-23/h4-16H,1-3H3,(H2,26,27,28). The number of nitro benzene ring substituents is 1. The number of aliphatic imine (C=N–C) groups is 1. The molecule has 2 N–H and O–H groups in total. The molecule has 3 aromatic carbocycles. The summed E-state index contributed by atoms with van der Waals surface area (Å²) in [5.74, 6) is 1.31. The van der Waals surface area contributed by atoms with Crippen LogP contribution in [0.2, 0.25) is 0 Å². The zero-order valence-electron chi connectivity index (χ0n) is 18.1. The molecule has 0 spiro atoms. The van der Waals surface area contributed by atoms with Crippen molar-refractivity contribution in [3.8, 4) is 5.75 Å². The fraction of sp³-hybridized carbons (Fsp3) is 0.160. The molecule has 0 aliphatic carbocycles. The predicted molar refractivity (Wildman–Crippen MR) is 129 cm³/mol. The Kier molecular flexibility index (Phi) is 5.64. The molecule has 162 valence electrons. The fourth-order valence-electron chi connectivity index (χ4n) is 3.23. The van der Waals surface area contributed by atoms with E-state index in [0.717, 1.165) is 28.3 Å². The van der Waals surface area contributed by atoms with Gasteiger partial charge in [-0.05, 0) is 69.3 Å². The monoisotopic (exact) mass is 428 g/mol. The third-order valence-electron chi connectivity index (χ3n) is 4.93. The number of benzene rings is 3. The van der Waals surface area contributed by atoms with Gasteiger partial charge in [-0.2, -0.15) is 0 Å². The molecule has 4 rings (SSSR count). The van der Waals surface area contributed by atoms with Crippen molar-refractivity contribution in [1.29, 1.82) is 0 Å². The molecule has 0 radical (unpaired) electrons. The third-order valence-corrected chi connectivity index (χ3v) is 4.93. The first-order valence-corrected chi connectivity index (χ1v) is 10.2. The van der Waals surface area contributed by atoms with Crippen LogP contribution in [0.5, 0.6) is 5.75 Å². The Morgan fingerprint density at radius 3 is 2.31 bits per heavy atom. The molecular formula is C25H24N4O3. The quantitative estimate of drug-likeness (QED) is 0.220. The molecule has 7 nitrogen and oxygen atoms in total. The Bertz CT molecular complexity index is 1200. The predicted octanol–water partition coefficient (Wildman–Crippen LogP) is 6.30. The van der Waals surface area contributed by atoms with Gasteiger partial charge < -0.3 is 15.4 Å². The lowest BCUT2D eigenvalue weighted by molar-refractivity contribution is -0.384. The van der Waals surface area contributed by atoms with Crippen molar-refractivity contribution < 1.29 is 9.66 Å². The largest absolute Gasteiger partial charge is 0.483 e. The average Bonchev–Trinajstić information content (AvgIpc) is 2.75. The molecule has 1 heterocycles. The first-order valence-electron chi connectivity index (χ1n) is 10.2. The lowest BCUT2D eigenvalue weighted by Crippen LogP contribution is -2.27. The van der Waals surface area contributed by atoms with Crippen LogP contribution in [0.1, 0.15) is 25.0 Å². The van der Waals surface area contributed by atoms with Crippen LogP contribution in [0.3, 0.4) is 0 Å². The minimum atomic E-state index is -0.423. The van der Waals surface area contributed by atoms with Gasteiger partial charge in [0.1, 0.15) is 11.4 Å². The number of anilines is 2. The Morgan fingerprint density at radius 1 is 0.969 bits per heavy atom. The highest BCUT2D eigenvalue weighted by molar-refractivity contribution is 6.05. The number of nitro groups is 1. The molecule has 0 bridgehead atoms. The van der Waals surface area contributed by atoms with Crippen LogP contribution < -0.4 is 15.4 Å². The van der Waals surface area contributed by atoms with Gasteiger partial charge in [0.15, 0.2) is 0 Å². The maximum atomic E-state index is 10.9. The van der Waals surface area contributed by atoms with Gasteiger partial charge in [0.25, 0.3) is 5.69 Å². The second kappa shape index (κ2) is 8.55. The van der Waals surface area contributed by atoms with Gasteiger partial charge in [0.05, 0.1) is 10.6 Å². The molecule has 0 amide bonds. The molecule has 0 aromatic heterocycles. The molecule has 32 heavy (non-hydrogen) atoms. The molecule has 0 atom stereocenters. The van der Waals surface area contributed by atoms with Gasteiger partial charge in [0, 0.05) is 29.1 Å². The van der Waals surface area contributed by atoms with Crippen molar-refractivity contribution in [2.45, 2.75) is 26.4 Å². The van der Waals surface area contributed by atoms with Crippen LogP contribution in [0.4, 0.5) is 22.7 Å². The summed E-state index contributed by atoms with van der Waals surface area (Å²) in [4.78, 5) is 15.2. The second-order valence-electron chi connectivity index (χ2n) is 8.14. The summed E-state index contributed by atoms with van der Waals surface area (Å²) < 4.78 is 6.00. The van der Waals surface area contributed by atoms with Gasteiger partial charge in [-0.15, -0.1) is 0 Å². The van der Waals surface area contributed by atoms with Crippen molar-refractivity contribution in [2.75, 3.05) is 10.6 Å². The highest BCUT2D eigenvalue weighted by Gasteiger charge is 2.21. The molecule has 0 unspecified atom stereocenters. The van der Waals surface area contributed by atoms with Crippen LogP contribution in [0.15, 0.2) is 77.8 Å². The van der Waals surface area contributed by atoms with E-state index in [9.17, 15) is 10.1 Å². The SMILES string of the molecule is Cc1ccc(N=C(Nc2ccc([N+](=O)[O-])cc2)Nc2ccc3c(c2)C=CC(C)(C)O3)cc1. The number of hydrogen-bond donors (Lipinski definition) is 2. The van der Waals surface area contributed by atoms with E-state index in [1.807, 2.05) is 75.4 Å². The number of nitrogens with one attached hydrogen (secondary N) is 2. The number of aryl methyl sites for hydroxylation is 1. The molecular weight excluding hydrogens is 404 g/mol. The topological polar surface area (TPSA) is 88.8 Å². The Labute approximate surface area is 186 Å². The van der Waals surface area contributed by atoms with Crippen LogP contribution in [-0.2, 0) is 0 Å². The van der Waals surface area contributed by atoms with Gasteiger partial charge in [-0.25, -0.2) is 4.99 Å². The second-order valence-corrected chi connectivity index (χ2v) is 8.14. The number of non-ortho nitro benzene ring substituents is 1. The maximum absolute atomic E-state index is 10.9. The van der Waals surface area contributed by atoms with Crippen LogP contribution in [0, 0.1) is 17.0 Å². The number of rotatable bonds is 4. The van der Waals surface area contributed by atoms with Crippen molar-refractivity contribution in [1.82, 2.24) is 0 Å². The van der Waals surface area contributed by atoms with Crippen molar-refractivity contribution >= 4 is 34.8 Å². The van der Waals surface area contributed by atoms with Crippen molar-refractivity contribution in [3.05, 3.63) is 94.0 Å². The zero-order chi connectivity index (χ0) is 22.7. The first-order chi connectivity index (χ1) is 15.3. The molecule has 7 heteroatoms. The summed E-state index contributed by atoms with van der Waals surface area (Å²) >= 11 is 0. The van der Waals surface area contributed by atoms with Crippen molar-refractivity contribution in [3.63, 3.8) is 0 Å². The number of hydrogen-bond acceptors (Lipinski definition) is 4. The number of nitrogens with zero attached hydrogens (tertiary/aromatic N) is 2. The molecule has 1 aliphatic heterocycles. The summed E-state index contributed by atoms with van der Waals surface area (Å²) in [6, 6.07) is 19.9.